The van der Waals surface area contributed by atoms with Crippen LogP contribution in [0, 0.1) is 6.92 Å². The largest absolute Gasteiger partial charge is 0.356 e. The maximum atomic E-state index is 11.8. The van der Waals surface area contributed by atoms with Crippen LogP contribution in [0.2, 0.25) is 0 Å². The lowest BCUT2D eigenvalue weighted by molar-refractivity contribution is 0.445. The summed E-state index contributed by atoms with van der Waals surface area (Å²) < 4.78 is 25.1. The highest BCUT2D eigenvalue weighted by atomic mass is 32.2. The Labute approximate surface area is 145 Å². The third-order valence-corrected chi connectivity index (χ3v) is 6.22. The van der Waals surface area contributed by atoms with Gasteiger partial charge in [-0.05, 0) is 24.8 Å². The Morgan fingerprint density at radius 2 is 2.17 bits per heavy atom. The third kappa shape index (κ3) is 5.21. The molecule has 1 aliphatic rings. The van der Waals surface area contributed by atoms with E-state index in [9.17, 15) is 8.42 Å². The van der Waals surface area contributed by atoms with E-state index in [-0.39, 0.29) is 5.75 Å². The van der Waals surface area contributed by atoms with Gasteiger partial charge in [0.15, 0.2) is 5.96 Å². The minimum absolute atomic E-state index is 0.272. The summed E-state index contributed by atoms with van der Waals surface area (Å²) in [6.45, 7) is 6.70. The highest BCUT2D eigenvalue weighted by Gasteiger charge is 2.27. The molecule has 7 heteroatoms. The lowest BCUT2D eigenvalue weighted by Gasteiger charge is -2.18. The first-order valence-corrected chi connectivity index (χ1v) is 10.0. The molecule has 0 saturated carbocycles. The Balaban J connectivity index is 1.76. The predicted octanol–water partition coefficient (Wildman–Crippen LogP) is 1.30. The average molecular weight is 353 g/mol. The van der Waals surface area contributed by atoms with Crippen molar-refractivity contribution in [3.63, 3.8) is 0 Å². The zero-order valence-electron chi connectivity index (χ0n) is 14.7. The molecule has 1 aromatic rings. The van der Waals surface area contributed by atoms with Crippen molar-refractivity contribution < 1.29 is 8.42 Å². The van der Waals surface area contributed by atoms with E-state index in [1.807, 2.05) is 0 Å². The second kappa shape index (κ2) is 8.48. The summed E-state index contributed by atoms with van der Waals surface area (Å²) in [6, 6.07) is 8.50. The molecule has 0 aliphatic carbocycles. The minimum atomic E-state index is -3.02. The molecular weight excluding hydrogens is 324 g/mol. The summed E-state index contributed by atoms with van der Waals surface area (Å²) in [5.74, 6) is 1.34. The number of sulfonamides is 1. The molecule has 1 saturated heterocycles. The number of nitrogens with one attached hydrogen (secondary N) is 2. The molecule has 6 nitrogen and oxygen atoms in total. The van der Waals surface area contributed by atoms with E-state index >= 15 is 0 Å². The summed E-state index contributed by atoms with van der Waals surface area (Å²) in [5, 5.41) is 6.49. The van der Waals surface area contributed by atoms with Gasteiger partial charge in [-0.3, -0.25) is 4.99 Å². The van der Waals surface area contributed by atoms with Gasteiger partial charge in [0, 0.05) is 33.2 Å². The zero-order valence-corrected chi connectivity index (χ0v) is 15.6. The normalized spacial score (nSPS) is 19.2. The molecular formula is C17H28N4O2S. The second-order valence-corrected chi connectivity index (χ2v) is 8.35. The van der Waals surface area contributed by atoms with Crippen LogP contribution in [-0.4, -0.2) is 57.7 Å². The number of aliphatic imine (C=N–C) groups is 1. The summed E-state index contributed by atoms with van der Waals surface area (Å²) in [5.41, 5.74) is 2.55. The van der Waals surface area contributed by atoms with Gasteiger partial charge >= 0.3 is 0 Å². The van der Waals surface area contributed by atoms with Gasteiger partial charge in [0.05, 0.1) is 5.75 Å². The summed E-state index contributed by atoms with van der Waals surface area (Å²) >= 11 is 0. The van der Waals surface area contributed by atoms with E-state index < -0.39 is 10.0 Å². The lowest BCUT2D eigenvalue weighted by atomic mass is 9.99. The first-order valence-electron chi connectivity index (χ1n) is 8.41. The quantitative estimate of drug-likeness (QED) is 0.598. The van der Waals surface area contributed by atoms with Crippen LogP contribution in [0.4, 0.5) is 0 Å². The fraction of sp³-hybridized carbons (Fsp3) is 0.588. The number of rotatable bonds is 6. The van der Waals surface area contributed by atoms with E-state index in [1.165, 1.54) is 11.1 Å². The molecule has 0 radical (unpaired) electrons. The van der Waals surface area contributed by atoms with Crippen molar-refractivity contribution >= 4 is 16.0 Å². The summed E-state index contributed by atoms with van der Waals surface area (Å²) in [6.07, 6.45) is 0.726. The highest BCUT2D eigenvalue weighted by Crippen LogP contribution is 2.15. The van der Waals surface area contributed by atoms with Crippen molar-refractivity contribution in [1.29, 1.82) is 0 Å². The Bertz CT molecular complexity index is 673. The van der Waals surface area contributed by atoms with Crippen LogP contribution in [0.25, 0.3) is 0 Å². The van der Waals surface area contributed by atoms with E-state index in [1.54, 1.807) is 11.4 Å². The smallest absolute Gasteiger partial charge is 0.214 e. The van der Waals surface area contributed by atoms with Crippen LogP contribution in [-0.2, 0) is 10.0 Å². The molecule has 0 bridgehead atoms. The number of aryl methyl sites for hydroxylation is 1. The first-order chi connectivity index (χ1) is 11.4. The summed E-state index contributed by atoms with van der Waals surface area (Å²) in [7, 11) is -1.30. The van der Waals surface area contributed by atoms with Crippen LogP contribution in [0.3, 0.4) is 0 Å². The molecule has 1 fully saturated rings. The van der Waals surface area contributed by atoms with Gasteiger partial charge in [0.2, 0.25) is 10.0 Å². The van der Waals surface area contributed by atoms with Crippen molar-refractivity contribution in [3.8, 4) is 0 Å². The Morgan fingerprint density at radius 3 is 2.79 bits per heavy atom. The molecule has 1 heterocycles. The molecule has 24 heavy (non-hydrogen) atoms. The van der Waals surface area contributed by atoms with Crippen LogP contribution >= 0.6 is 0 Å². The third-order valence-electron chi connectivity index (χ3n) is 4.27. The van der Waals surface area contributed by atoms with Crippen molar-refractivity contribution in [1.82, 2.24) is 14.9 Å². The van der Waals surface area contributed by atoms with Gasteiger partial charge in [-0.1, -0.05) is 36.8 Å². The lowest BCUT2D eigenvalue weighted by Crippen LogP contribution is -2.42. The molecule has 2 rings (SSSR count). The molecule has 0 amide bonds. The van der Waals surface area contributed by atoms with Gasteiger partial charge in [-0.25, -0.2) is 12.7 Å². The number of hydrogen-bond acceptors (Lipinski definition) is 3. The van der Waals surface area contributed by atoms with Gasteiger partial charge < -0.3 is 10.6 Å². The topological polar surface area (TPSA) is 73.8 Å². The SMILES string of the molecule is CN=C(NCCN1CCCS1(=O)=O)NCC(C)c1cccc(C)c1. The average Bonchev–Trinajstić information content (AvgIpc) is 2.89. The fourth-order valence-electron chi connectivity index (χ4n) is 2.81. The van der Waals surface area contributed by atoms with Crippen LogP contribution < -0.4 is 10.6 Å². The molecule has 0 aromatic heterocycles. The van der Waals surface area contributed by atoms with Gasteiger partial charge in [-0.2, -0.15) is 0 Å². The van der Waals surface area contributed by atoms with Gasteiger partial charge in [-0.15, -0.1) is 0 Å². The summed E-state index contributed by atoms with van der Waals surface area (Å²) in [4.78, 5) is 4.20. The number of hydrogen-bond donors (Lipinski definition) is 2. The predicted molar refractivity (Wildman–Crippen MR) is 98.9 cm³/mol. The van der Waals surface area contributed by atoms with Crippen molar-refractivity contribution in [2.45, 2.75) is 26.2 Å². The Hall–Kier alpha value is -1.60. The molecule has 1 aromatic carbocycles. The van der Waals surface area contributed by atoms with E-state index in [2.05, 4.69) is 53.7 Å². The number of benzene rings is 1. The maximum Gasteiger partial charge on any atom is 0.214 e. The van der Waals surface area contributed by atoms with Gasteiger partial charge in [0.1, 0.15) is 0 Å². The van der Waals surface area contributed by atoms with E-state index in [0.717, 1.165) is 13.0 Å². The number of nitrogens with zero attached hydrogens (tertiary/aromatic N) is 2. The Kier molecular flexibility index (Phi) is 6.62. The maximum absolute atomic E-state index is 11.8. The molecule has 0 spiro atoms. The van der Waals surface area contributed by atoms with Gasteiger partial charge in [0.25, 0.3) is 0 Å². The molecule has 2 N–H and O–H groups in total. The monoisotopic (exact) mass is 352 g/mol. The standard InChI is InChI=1S/C17H28N4O2S/c1-14-6-4-7-16(12-14)15(2)13-20-17(18-3)19-8-10-21-9-5-11-24(21,22)23/h4,6-7,12,15H,5,8-11,13H2,1-3H3,(H2,18,19,20). The van der Waals surface area contributed by atoms with E-state index in [0.29, 0.717) is 31.5 Å². The first kappa shape index (κ1) is 18.7. The van der Waals surface area contributed by atoms with E-state index in [4.69, 9.17) is 0 Å². The van der Waals surface area contributed by atoms with Crippen LogP contribution in [0.1, 0.15) is 30.4 Å². The molecule has 134 valence electrons. The Morgan fingerprint density at radius 1 is 1.38 bits per heavy atom. The second-order valence-electron chi connectivity index (χ2n) is 6.26. The van der Waals surface area contributed by atoms with Crippen LogP contribution in [0.15, 0.2) is 29.3 Å². The molecule has 1 aliphatic heterocycles. The molecule has 1 atom stereocenters. The minimum Gasteiger partial charge on any atom is -0.356 e. The van der Waals surface area contributed by atoms with Crippen molar-refractivity contribution in [2.75, 3.05) is 39.0 Å². The number of guanidine groups is 1. The van der Waals surface area contributed by atoms with Crippen LogP contribution in [0.5, 0.6) is 0 Å². The fourth-order valence-corrected chi connectivity index (χ4v) is 4.34. The van der Waals surface area contributed by atoms with Crippen molar-refractivity contribution in [2.24, 2.45) is 4.99 Å². The van der Waals surface area contributed by atoms with Crippen molar-refractivity contribution in [3.05, 3.63) is 35.4 Å². The highest BCUT2D eigenvalue weighted by molar-refractivity contribution is 7.89. The zero-order chi connectivity index (χ0) is 17.6. The molecule has 1 unspecified atom stereocenters.